The van der Waals surface area contributed by atoms with E-state index in [1.165, 1.54) is 5.56 Å². The molecule has 1 unspecified atom stereocenters. The molecule has 1 fully saturated rings. The van der Waals surface area contributed by atoms with Gasteiger partial charge in [-0.2, -0.15) is 0 Å². The summed E-state index contributed by atoms with van der Waals surface area (Å²) in [5, 5.41) is 13.3. The largest absolute Gasteiger partial charge is 0.394 e. The van der Waals surface area contributed by atoms with E-state index in [1.54, 1.807) is 7.11 Å². The number of methoxy groups -OCH3 is 1. The van der Waals surface area contributed by atoms with Crippen molar-refractivity contribution >= 4 is 0 Å². The molecular weight excluding hydrogens is 252 g/mol. The first-order valence-corrected chi connectivity index (χ1v) is 7.39. The van der Waals surface area contributed by atoms with Crippen LogP contribution in [-0.4, -0.2) is 55.5 Å². The van der Waals surface area contributed by atoms with Gasteiger partial charge in [-0.1, -0.05) is 30.3 Å². The van der Waals surface area contributed by atoms with Gasteiger partial charge in [0.1, 0.15) is 0 Å². The fraction of sp³-hybridized carbons (Fsp3) is 0.625. The smallest absolute Gasteiger partial charge is 0.0625 e. The van der Waals surface area contributed by atoms with E-state index in [0.29, 0.717) is 6.61 Å². The number of hydrogen-bond donors (Lipinski definition) is 2. The number of rotatable bonds is 7. The van der Waals surface area contributed by atoms with Crippen LogP contribution in [0.2, 0.25) is 0 Å². The molecule has 1 aromatic rings. The Morgan fingerprint density at radius 1 is 1.35 bits per heavy atom. The van der Waals surface area contributed by atoms with Crippen LogP contribution < -0.4 is 5.32 Å². The Kier molecular flexibility index (Phi) is 5.98. The maximum absolute atomic E-state index is 9.79. The Morgan fingerprint density at radius 2 is 2.15 bits per heavy atom. The number of likely N-dealkylation sites (tertiary alicyclic amines) is 1. The minimum absolute atomic E-state index is 0.175. The van der Waals surface area contributed by atoms with Crippen LogP contribution >= 0.6 is 0 Å². The molecular formula is C16H26N2O2. The summed E-state index contributed by atoms with van der Waals surface area (Å²) in [6, 6.07) is 10.5. The van der Waals surface area contributed by atoms with Crippen molar-refractivity contribution in [3.63, 3.8) is 0 Å². The normalized spacial score (nSPS) is 23.9. The van der Waals surface area contributed by atoms with E-state index < -0.39 is 0 Å². The molecule has 20 heavy (non-hydrogen) atoms. The standard InChI is InChI=1S/C16H26N2O2/c1-20-11-9-17-16(14-19)8-5-10-18(13-16)12-15-6-3-2-4-7-15/h2-4,6-7,17,19H,5,8-14H2,1H3. The molecule has 1 heterocycles. The molecule has 1 aliphatic heterocycles. The van der Waals surface area contributed by atoms with Gasteiger partial charge in [-0.25, -0.2) is 0 Å². The molecule has 112 valence electrons. The van der Waals surface area contributed by atoms with E-state index in [2.05, 4.69) is 34.5 Å². The van der Waals surface area contributed by atoms with Crippen molar-refractivity contribution in [3.8, 4) is 0 Å². The third-order valence-electron chi connectivity index (χ3n) is 4.01. The van der Waals surface area contributed by atoms with Crippen LogP contribution in [0.5, 0.6) is 0 Å². The summed E-state index contributed by atoms with van der Waals surface area (Å²) in [5.74, 6) is 0. The molecule has 0 aliphatic carbocycles. The van der Waals surface area contributed by atoms with Crippen LogP contribution in [-0.2, 0) is 11.3 Å². The minimum atomic E-state index is -0.175. The second kappa shape index (κ2) is 7.74. The van der Waals surface area contributed by atoms with Gasteiger partial charge in [0, 0.05) is 26.7 Å². The van der Waals surface area contributed by atoms with Gasteiger partial charge in [-0.3, -0.25) is 4.90 Å². The molecule has 0 aromatic heterocycles. The highest BCUT2D eigenvalue weighted by Crippen LogP contribution is 2.22. The predicted octanol–water partition coefficient (Wildman–Crippen LogP) is 1.25. The van der Waals surface area contributed by atoms with Crippen LogP contribution in [0, 0.1) is 0 Å². The van der Waals surface area contributed by atoms with E-state index in [0.717, 1.165) is 39.0 Å². The minimum Gasteiger partial charge on any atom is -0.394 e. The van der Waals surface area contributed by atoms with Gasteiger partial charge in [-0.05, 0) is 24.9 Å². The SMILES string of the molecule is COCCNC1(CO)CCCN(Cc2ccccc2)C1. The lowest BCUT2D eigenvalue weighted by molar-refractivity contribution is 0.0576. The molecule has 1 saturated heterocycles. The first-order chi connectivity index (χ1) is 9.78. The Bertz CT molecular complexity index is 385. The van der Waals surface area contributed by atoms with Crippen molar-refractivity contribution in [2.75, 3.05) is 40.0 Å². The number of ether oxygens (including phenoxy) is 1. The van der Waals surface area contributed by atoms with Crippen LogP contribution in [0.3, 0.4) is 0 Å². The fourth-order valence-electron chi connectivity index (χ4n) is 2.95. The second-order valence-electron chi connectivity index (χ2n) is 5.66. The Balaban J connectivity index is 1.92. The third-order valence-corrected chi connectivity index (χ3v) is 4.01. The average molecular weight is 278 g/mol. The van der Waals surface area contributed by atoms with E-state index in [1.807, 2.05) is 6.07 Å². The third kappa shape index (κ3) is 4.28. The summed E-state index contributed by atoms with van der Waals surface area (Å²) in [4.78, 5) is 2.43. The first-order valence-electron chi connectivity index (χ1n) is 7.39. The van der Waals surface area contributed by atoms with Crippen LogP contribution in [0.25, 0.3) is 0 Å². The van der Waals surface area contributed by atoms with Gasteiger partial charge in [0.05, 0.1) is 18.8 Å². The molecule has 0 bridgehead atoms. The van der Waals surface area contributed by atoms with Gasteiger partial charge < -0.3 is 15.2 Å². The van der Waals surface area contributed by atoms with Crippen LogP contribution in [0.1, 0.15) is 18.4 Å². The Morgan fingerprint density at radius 3 is 2.85 bits per heavy atom. The summed E-state index contributed by atoms with van der Waals surface area (Å²) in [6.45, 7) is 4.60. The summed E-state index contributed by atoms with van der Waals surface area (Å²) >= 11 is 0. The first kappa shape index (κ1) is 15.4. The van der Waals surface area contributed by atoms with Crippen molar-refractivity contribution in [1.82, 2.24) is 10.2 Å². The molecule has 4 heteroatoms. The lowest BCUT2D eigenvalue weighted by Gasteiger charge is -2.42. The molecule has 0 amide bonds. The van der Waals surface area contributed by atoms with Crippen LogP contribution in [0.4, 0.5) is 0 Å². The zero-order chi connectivity index (χ0) is 14.3. The number of aliphatic hydroxyl groups excluding tert-OH is 1. The number of nitrogens with one attached hydrogen (secondary N) is 1. The highest BCUT2D eigenvalue weighted by molar-refractivity contribution is 5.14. The topological polar surface area (TPSA) is 44.7 Å². The van der Waals surface area contributed by atoms with Gasteiger partial charge in [0.15, 0.2) is 0 Å². The summed E-state index contributed by atoms with van der Waals surface area (Å²) < 4.78 is 5.09. The maximum atomic E-state index is 9.79. The van der Waals surface area contributed by atoms with Gasteiger partial charge in [-0.15, -0.1) is 0 Å². The molecule has 0 saturated carbocycles. The zero-order valence-electron chi connectivity index (χ0n) is 12.3. The van der Waals surface area contributed by atoms with Crippen LogP contribution in [0.15, 0.2) is 30.3 Å². The number of benzene rings is 1. The van der Waals surface area contributed by atoms with Crippen molar-refractivity contribution < 1.29 is 9.84 Å². The second-order valence-corrected chi connectivity index (χ2v) is 5.66. The predicted molar refractivity (Wildman–Crippen MR) is 80.6 cm³/mol. The van der Waals surface area contributed by atoms with Crippen molar-refractivity contribution in [3.05, 3.63) is 35.9 Å². The molecule has 2 N–H and O–H groups in total. The Labute approximate surface area is 121 Å². The molecule has 1 atom stereocenters. The molecule has 0 spiro atoms. The number of nitrogens with zero attached hydrogens (tertiary/aromatic N) is 1. The quantitative estimate of drug-likeness (QED) is 0.737. The summed E-state index contributed by atoms with van der Waals surface area (Å²) in [6.07, 6.45) is 2.14. The van der Waals surface area contributed by atoms with Crippen molar-refractivity contribution in [1.29, 1.82) is 0 Å². The summed E-state index contributed by atoms with van der Waals surface area (Å²) in [5.41, 5.74) is 1.16. The monoisotopic (exact) mass is 278 g/mol. The molecule has 1 aromatic carbocycles. The molecule has 1 aliphatic rings. The zero-order valence-corrected chi connectivity index (χ0v) is 12.3. The Hall–Kier alpha value is -0.940. The number of hydrogen-bond acceptors (Lipinski definition) is 4. The van der Waals surface area contributed by atoms with E-state index in [4.69, 9.17) is 4.74 Å². The van der Waals surface area contributed by atoms with Gasteiger partial charge in [0.2, 0.25) is 0 Å². The van der Waals surface area contributed by atoms with E-state index >= 15 is 0 Å². The molecule has 4 nitrogen and oxygen atoms in total. The van der Waals surface area contributed by atoms with E-state index in [-0.39, 0.29) is 12.1 Å². The molecule has 0 radical (unpaired) electrons. The fourth-order valence-corrected chi connectivity index (χ4v) is 2.95. The van der Waals surface area contributed by atoms with Gasteiger partial charge >= 0.3 is 0 Å². The highest BCUT2D eigenvalue weighted by Gasteiger charge is 2.34. The lowest BCUT2D eigenvalue weighted by atomic mass is 9.89. The van der Waals surface area contributed by atoms with E-state index in [9.17, 15) is 5.11 Å². The maximum Gasteiger partial charge on any atom is 0.0625 e. The van der Waals surface area contributed by atoms with Crippen molar-refractivity contribution in [2.24, 2.45) is 0 Å². The number of aliphatic hydroxyl groups is 1. The highest BCUT2D eigenvalue weighted by atomic mass is 16.5. The number of piperidine rings is 1. The van der Waals surface area contributed by atoms with Gasteiger partial charge in [0.25, 0.3) is 0 Å². The summed E-state index contributed by atoms with van der Waals surface area (Å²) in [7, 11) is 1.70. The molecule has 2 rings (SSSR count). The average Bonchev–Trinajstić information content (AvgIpc) is 2.49. The van der Waals surface area contributed by atoms with Crippen molar-refractivity contribution in [2.45, 2.75) is 24.9 Å². The lowest BCUT2D eigenvalue weighted by Crippen LogP contribution is -2.59.